The molecule has 0 aliphatic carbocycles. The van der Waals surface area contributed by atoms with Gasteiger partial charge in [0.25, 0.3) is 0 Å². The lowest BCUT2D eigenvalue weighted by atomic mass is 10.1. The summed E-state index contributed by atoms with van der Waals surface area (Å²) in [6.07, 6.45) is 3.01. The molecule has 0 fully saturated rings. The van der Waals surface area contributed by atoms with Gasteiger partial charge in [0.05, 0.1) is 15.7 Å². The number of hydrogen-bond acceptors (Lipinski definition) is 4. The summed E-state index contributed by atoms with van der Waals surface area (Å²) in [6.45, 7) is 1.92. The van der Waals surface area contributed by atoms with Gasteiger partial charge in [-0.25, -0.2) is 0 Å². The van der Waals surface area contributed by atoms with Gasteiger partial charge in [0.15, 0.2) is 0 Å². The first-order valence-electron chi connectivity index (χ1n) is 11.9. The number of fused-ring (bicyclic) bond motifs is 2. The van der Waals surface area contributed by atoms with Gasteiger partial charge in [-0.05, 0) is 66.4 Å². The summed E-state index contributed by atoms with van der Waals surface area (Å²) in [5.41, 5.74) is 4.53. The van der Waals surface area contributed by atoms with Gasteiger partial charge in [0, 0.05) is 22.7 Å². The number of nitrogens with zero attached hydrogens (tertiary/aromatic N) is 3. The molecule has 0 aliphatic heterocycles. The van der Waals surface area contributed by atoms with E-state index in [0.29, 0.717) is 38.3 Å². The fourth-order valence-corrected chi connectivity index (χ4v) is 4.70. The normalized spacial score (nSPS) is 11.6. The Hall–Kier alpha value is -4.39. The molecule has 0 bridgehead atoms. The van der Waals surface area contributed by atoms with Gasteiger partial charge in [0.1, 0.15) is 22.6 Å². The van der Waals surface area contributed by atoms with Crippen LogP contribution in [0.5, 0.6) is 0 Å². The molecular weight excluding hydrogens is 519 g/mol. The van der Waals surface area contributed by atoms with Crippen LogP contribution in [0.1, 0.15) is 11.3 Å². The number of aryl methyl sites for hydroxylation is 1. The third-order valence-corrected chi connectivity index (χ3v) is 7.03. The van der Waals surface area contributed by atoms with Crippen LogP contribution < -0.4 is 5.32 Å². The van der Waals surface area contributed by atoms with Gasteiger partial charge in [-0.2, -0.15) is 0 Å². The summed E-state index contributed by atoms with van der Waals surface area (Å²) in [5, 5.41) is 15.3. The van der Waals surface area contributed by atoms with E-state index in [1.165, 1.54) is 6.08 Å². The first-order chi connectivity index (χ1) is 18.5. The van der Waals surface area contributed by atoms with E-state index in [0.717, 1.165) is 27.5 Å². The second-order valence-corrected chi connectivity index (χ2v) is 9.55. The molecule has 38 heavy (non-hydrogen) atoms. The topological polar surface area (TPSA) is 73.0 Å². The third-order valence-electron chi connectivity index (χ3n) is 6.21. The second kappa shape index (κ2) is 9.82. The minimum atomic E-state index is -0.298. The van der Waals surface area contributed by atoms with Crippen molar-refractivity contribution in [1.29, 1.82) is 0 Å². The molecule has 4 aromatic carbocycles. The lowest BCUT2D eigenvalue weighted by molar-refractivity contribution is -0.111. The van der Waals surface area contributed by atoms with E-state index in [-0.39, 0.29) is 5.91 Å². The molecule has 1 N–H and O–H groups in total. The van der Waals surface area contributed by atoms with Crippen molar-refractivity contribution in [2.24, 2.45) is 0 Å². The molecule has 186 valence electrons. The average molecular weight is 539 g/mol. The maximum absolute atomic E-state index is 12.7. The molecule has 0 saturated carbocycles. The molecule has 0 saturated heterocycles. The van der Waals surface area contributed by atoms with Crippen LogP contribution in [-0.4, -0.2) is 20.9 Å². The molecule has 0 spiro atoms. The van der Waals surface area contributed by atoms with Crippen LogP contribution in [0.25, 0.3) is 44.9 Å². The monoisotopic (exact) mass is 538 g/mol. The Morgan fingerprint density at radius 3 is 2.55 bits per heavy atom. The maximum Gasteiger partial charge on any atom is 0.248 e. The summed E-state index contributed by atoms with van der Waals surface area (Å²) in [6, 6.07) is 26.8. The van der Waals surface area contributed by atoms with Gasteiger partial charge in [-0.3, -0.25) is 4.79 Å². The molecule has 0 unspecified atom stereocenters. The lowest BCUT2D eigenvalue weighted by Gasteiger charge is -2.05. The van der Waals surface area contributed by atoms with Crippen molar-refractivity contribution in [2.75, 3.05) is 5.32 Å². The van der Waals surface area contributed by atoms with E-state index >= 15 is 0 Å². The number of hydrogen-bond donors (Lipinski definition) is 1. The van der Waals surface area contributed by atoms with Crippen molar-refractivity contribution in [3.63, 3.8) is 0 Å². The molecule has 0 radical (unpaired) electrons. The predicted octanol–water partition coefficient (Wildman–Crippen LogP) is 8.10. The Bertz CT molecular complexity index is 1860. The SMILES string of the molecule is Cc1cc2nn(-c3cccc4ccccc34)nc2cc1NC(=O)C=Cc1ccc(-c2cccc(Cl)c2Cl)o1. The van der Waals surface area contributed by atoms with Crippen molar-refractivity contribution in [1.82, 2.24) is 15.0 Å². The zero-order chi connectivity index (χ0) is 26.2. The van der Waals surface area contributed by atoms with Crippen molar-refractivity contribution in [2.45, 2.75) is 6.92 Å². The average Bonchev–Trinajstić information content (AvgIpc) is 3.56. The first kappa shape index (κ1) is 24.0. The van der Waals surface area contributed by atoms with Gasteiger partial charge in [0.2, 0.25) is 5.91 Å². The van der Waals surface area contributed by atoms with Crippen molar-refractivity contribution < 1.29 is 9.21 Å². The fraction of sp³-hybridized carbons (Fsp3) is 0.0333. The number of halogens is 2. The summed E-state index contributed by atoms with van der Waals surface area (Å²) >= 11 is 12.4. The number of carbonyl (C=O) groups excluding carboxylic acids is 1. The van der Waals surface area contributed by atoms with E-state index in [2.05, 4.69) is 27.6 Å². The van der Waals surface area contributed by atoms with Crippen LogP contribution in [0.4, 0.5) is 5.69 Å². The summed E-state index contributed by atoms with van der Waals surface area (Å²) < 4.78 is 5.83. The summed E-state index contributed by atoms with van der Waals surface area (Å²) in [7, 11) is 0. The van der Waals surface area contributed by atoms with Crippen LogP contribution in [0.3, 0.4) is 0 Å². The third kappa shape index (κ3) is 4.56. The Labute approximate surface area is 228 Å². The van der Waals surface area contributed by atoms with Crippen molar-refractivity contribution in [3.8, 4) is 17.0 Å². The highest BCUT2D eigenvalue weighted by Crippen LogP contribution is 2.34. The van der Waals surface area contributed by atoms with E-state index < -0.39 is 0 Å². The van der Waals surface area contributed by atoms with Crippen LogP contribution >= 0.6 is 23.2 Å². The highest BCUT2D eigenvalue weighted by molar-refractivity contribution is 6.43. The number of aromatic nitrogens is 3. The molecule has 2 heterocycles. The summed E-state index contributed by atoms with van der Waals surface area (Å²) in [5.74, 6) is 0.775. The molecular formula is C30H20Cl2N4O2. The second-order valence-electron chi connectivity index (χ2n) is 8.77. The van der Waals surface area contributed by atoms with Crippen LogP contribution in [0.15, 0.2) is 95.4 Å². The van der Waals surface area contributed by atoms with E-state index in [9.17, 15) is 4.79 Å². The number of rotatable bonds is 5. The zero-order valence-electron chi connectivity index (χ0n) is 20.2. The number of amides is 1. The molecule has 0 aliphatic rings. The molecule has 0 atom stereocenters. The molecule has 6 aromatic rings. The fourth-order valence-electron chi connectivity index (χ4n) is 4.31. The minimum Gasteiger partial charge on any atom is -0.457 e. The van der Waals surface area contributed by atoms with Gasteiger partial charge in [-0.1, -0.05) is 65.7 Å². The lowest BCUT2D eigenvalue weighted by Crippen LogP contribution is -2.08. The van der Waals surface area contributed by atoms with Crippen LogP contribution in [0.2, 0.25) is 10.0 Å². The van der Waals surface area contributed by atoms with Gasteiger partial charge < -0.3 is 9.73 Å². The largest absolute Gasteiger partial charge is 0.457 e. The van der Waals surface area contributed by atoms with Crippen LogP contribution in [0, 0.1) is 6.92 Å². The molecule has 8 heteroatoms. The Balaban J connectivity index is 1.22. The maximum atomic E-state index is 12.7. The Morgan fingerprint density at radius 2 is 1.68 bits per heavy atom. The number of carbonyl (C=O) groups is 1. The smallest absolute Gasteiger partial charge is 0.248 e. The van der Waals surface area contributed by atoms with E-state index in [1.54, 1.807) is 35.1 Å². The highest BCUT2D eigenvalue weighted by atomic mass is 35.5. The standard InChI is InChI=1S/C30H20Cl2N4O2/c1-18-16-25-26(35-36(34-25)27-11-4-7-19-6-2-3-8-21(19)27)17-24(18)33-29(37)15-13-20-12-14-28(38-20)22-9-5-10-23(31)30(22)32/h2-17H,1H3,(H,33,37). The van der Waals surface area contributed by atoms with Gasteiger partial charge in [-0.15, -0.1) is 15.0 Å². The molecule has 6 nitrogen and oxygen atoms in total. The van der Waals surface area contributed by atoms with E-state index in [1.807, 2.05) is 55.5 Å². The quantitative estimate of drug-likeness (QED) is 0.225. The van der Waals surface area contributed by atoms with Gasteiger partial charge >= 0.3 is 0 Å². The number of benzene rings is 4. The zero-order valence-corrected chi connectivity index (χ0v) is 21.7. The number of nitrogens with one attached hydrogen (secondary N) is 1. The van der Waals surface area contributed by atoms with Crippen molar-refractivity contribution >= 4 is 62.7 Å². The molecule has 6 rings (SSSR count). The Kier molecular flexibility index (Phi) is 6.19. The van der Waals surface area contributed by atoms with Crippen molar-refractivity contribution in [3.05, 3.63) is 112 Å². The van der Waals surface area contributed by atoms with Crippen LogP contribution in [-0.2, 0) is 4.79 Å². The highest BCUT2D eigenvalue weighted by Gasteiger charge is 2.13. The summed E-state index contributed by atoms with van der Waals surface area (Å²) in [4.78, 5) is 14.3. The number of anilines is 1. The van der Waals surface area contributed by atoms with E-state index in [4.69, 9.17) is 27.6 Å². The first-order valence-corrected chi connectivity index (χ1v) is 12.6. The Morgan fingerprint density at radius 1 is 0.921 bits per heavy atom. The minimum absolute atomic E-state index is 0.298. The molecule has 2 aromatic heterocycles. The number of furan rings is 1. The predicted molar refractivity (Wildman–Crippen MR) is 153 cm³/mol. The molecule has 1 amide bonds.